The van der Waals surface area contributed by atoms with Gasteiger partial charge in [0.2, 0.25) is 0 Å². The topological polar surface area (TPSA) is 39.1 Å². The van der Waals surface area contributed by atoms with E-state index in [1.54, 1.807) is 0 Å². The normalized spacial score (nSPS) is 28.4. The highest BCUT2D eigenvalue weighted by Crippen LogP contribution is 2.42. The van der Waals surface area contributed by atoms with Gasteiger partial charge in [-0.05, 0) is 69.8 Å². The van der Waals surface area contributed by atoms with Crippen molar-refractivity contribution < 1.29 is 0 Å². The maximum atomic E-state index is 9.07. The summed E-state index contributed by atoms with van der Waals surface area (Å²) in [7, 11) is 2.04. The van der Waals surface area contributed by atoms with E-state index >= 15 is 0 Å². The van der Waals surface area contributed by atoms with Gasteiger partial charge >= 0.3 is 0 Å². The molecule has 3 nitrogen and oxygen atoms in total. The molecule has 2 unspecified atom stereocenters. The van der Waals surface area contributed by atoms with Crippen LogP contribution < -0.4 is 10.2 Å². The minimum Gasteiger partial charge on any atom is -0.366 e. The first kappa shape index (κ1) is 13.5. The molecular formula is C17H23N3. The van der Waals surface area contributed by atoms with Crippen LogP contribution >= 0.6 is 0 Å². The van der Waals surface area contributed by atoms with Gasteiger partial charge in [-0.15, -0.1) is 0 Å². The van der Waals surface area contributed by atoms with Gasteiger partial charge in [-0.25, -0.2) is 0 Å². The van der Waals surface area contributed by atoms with Gasteiger partial charge in [-0.2, -0.15) is 5.26 Å². The zero-order chi connectivity index (χ0) is 13.9. The summed E-state index contributed by atoms with van der Waals surface area (Å²) in [6.45, 7) is 1.13. The van der Waals surface area contributed by atoms with Gasteiger partial charge in [0.15, 0.2) is 0 Å². The second-order valence-corrected chi connectivity index (χ2v) is 6.18. The summed E-state index contributed by atoms with van der Waals surface area (Å²) in [4.78, 5) is 2.59. The van der Waals surface area contributed by atoms with Crippen molar-refractivity contribution in [2.24, 2.45) is 5.92 Å². The number of nitriles is 1. The van der Waals surface area contributed by atoms with E-state index in [2.05, 4.69) is 28.4 Å². The van der Waals surface area contributed by atoms with Crippen molar-refractivity contribution in [3.05, 3.63) is 29.8 Å². The van der Waals surface area contributed by atoms with Crippen LogP contribution in [0.1, 0.15) is 37.7 Å². The molecule has 2 fully saturated rings. The molecule has 2 aliphatic rings. The van der Waals surface area contributed by atoms with E-state index in [-0.39, 0.29) is 0 Å². The predicted molar refractivity (Wildman–Crippen MR) is 81.7 cm³/mol. The predicted octanol–water partition coefficient (Wildman–Crippen LogP) is 2.92. The maximum absolute atomic E-state index is 9.07. The smallest absolute Gasteiger partial charge is 0.0992 e. The number of hydrogen-bond acceptors (Lipinski definition) is 3. The Hall–Kier alpha value is -1.53. The number of rotatable bonds is 4. The molecule has 0 radical (unpaired) electrons. The number of fused-ring (bicyclic) bond motifs is 2. The Balaban J connectivity index is 1.75. The minimum absolute atomic E-state index is 0.685. The number of anilines is 1. The summed E-state index contributed by atoms with van der Waals surface area (Å²) in [5.41, 5.74) is 2.03. The lowest BCUT2D eigenvalue weighted by Crippen LogP contribution is -2.43. The van der Waals surface area contributed by atoms with Crippen molar-refractivity contribution in [1.29, 1.82) is 5.26 Å². The van der Waals surface area contributed by atoms with E-state index in [0.29, 0.717) is 12.1 Å². The SMILES string of the molecule is CNCCC1CC2CCC(C1)N2c1cccc(C#N)c1. The molecule has 20 heavy (non-hydrogen) atoms. The molecule has 2 atom stereocenters. The van der Waals surface area contributed by atoms with Gasteiger partial charge in [0.05, 0.1) is 11.6 Å². The van der Waals surface area contributed by atoms with E-state index < -0.39 is 0 Å². The van der Waals surface area contributed by atoms with E-state index in [0.717, 1.165) is 18.0 Å². The Kier molecular flexibility index (Phi) is 3.93. The van der Waals surface area contributed by atoms with Crippen LogP contribution in [0.15, 0.2) is 24.3 Å². The Labute approximate surface area is 121 Å². The molecule has 106 valence electrons. The average Bonchev–Trinajstić information content (AvgIpc) is 2.76. The summed E-state index contributed by atoms with van der Waals surface area (Å²) < 4.78 is 0. The molecule has 3 heteroatoms. The first-order valence-corrected chi connectivity index (χ1v) is 7.75. The second-order valence-electron chi connectivity index (χ2n) is 6.18. The van der Waals surface area contributed by atoms with Gasteiger partial charge in [-0.3, -0.25) is 0 Å². The zero-order valence-electron chi connectivity index (χ0n) is 12.2. The van der Waals surface area contributed by atoms with E-state index in [1.807, 2.05) is 19.2 Å². The Bertz CT molecular complexity index is 491. The molecule has 2 bridgehead atoms. The van der Waals surface area contributed by atoms with Crippen molar-refractivity contribution in [2.75, 3.05) is 18.5 Å². The van der Waals surface area contributed by atoms with Gasteiger partial charge in [0.25, 0.3) is 0 Å². The van der Waals surface area contributed by atoms with Crippen molar-refractivity contribution in [1.82, 2.24) is 5.32 Å². The fraction of sp³-hybridized carbons (Fsp3) is 0.588. The third-order valence-corrected chi connectivity index (χ3v) is 4.91. The minimum atomic E-state index is 0.685. The molecule has 2 heterocycles. The van der Waals surface area contributed by atoms with E-state index in [9.17, 15) is 0 Å². The maximum Gasteiger partial charge on any atom is 0.0992 e. The number of hydrogen-bond donors (Lipinski definition) is 1. The molecule has 2 aliphatic heterocycles. The molecule has 1 aromatic carbocycles. The largest absolute Gasteiger partial charge is 0.366 e. The van der Waals surface area contributed by atoms with Crippen molar-refractivity contribution in [2.45, 2.75) is 44.2 Å². The molecule has 0 spiro atoms. The van der Waals surface area contributed by atoms with Crippen LogP contribution in [0.5, 0.6) is 0 Å². The summed E-state index contributed by atoms with van der Waals surface area (Å²) in [6.07, 6.45) is 6.56. The van der Waals surface area contributed by atoms with Crippen LogP contribution in [-0.4, -0.2) is 25.7 Å². The number of benzene rings is 1. The lowest BCUT2D eigenvalue weighted by molar-refractivity contribution is 0.321. The Morgan fingerprint density at radius 2 is 2.05 bits per heavy atom. The first-order valence-electron chi connectivity index (χ1n) is 7.75. The number of piperidine rings is 1. The highest BCUT2D eigenvalue weighted by Gasteiger charge is 2.40. The van der Waals surface area contributed by atoms with Gasteiger partial charge < -0.3 is 10.2 Å². The summed E-state index contributed by atoms with van der Waals surface area (Å²) in [5, 5.41) is 12.3. The molecule has 1 aromatic rings. The molecule has 0 saturated carbocycles. The Morgan fingerprint density at radius 3 is 2.70 bits per heavy atom. The van der Waals surface area contributed by atoms with Gasteiger partial charge in [0.1, 0.15) is 0 Å². The number of nitrogens with zero attached hydrogens (tertiary/aromatic N) is 2. The van der Waals surface area contributed by atoms with Crippen molar-refractivity contribution in [3.8, 4) is 6.07 Å². The van der Waals surface area contributed by atoms with Crippen molar-refractivity contribution in [3.63, 3.8) is 0 Å². The third kappa shape index (κ3) is 2.53. The van der Waals surface area contributed by atoms with Gasteiger partial charge in [0, 0.05) is 17.8 Å². The fourth-order valence-corrected chi connectivity index (χ4v) is 4.03. The lowest BCUT2D eigenvalue weighted by Gasteiger charge is -2.40. The second kappa shape index (κ2) is 5.85. The highest BCUT2D eigenvalue weighted by atomic mass is 15.2. The van der Waals surface area contributed by atoms with E-state index in [1.165, 1.54) is 37.8 Å². The average molecular weight is 269 g/mol. The molecule has 0 aliphatic carbocycles. The summed E-state index contributed by atoms with van der Waals surface area (Å²) in [5.74, 6) is 0.871. The molecule has 1 N–H and O–H groups in total. The molecule has 0 aromatic heterocycles. The monoisotopic (exact) mass is 269 g/mol. The molecule has 2 saturated heterocycles. The first-order chi connectivity index (χ1) is 9.81. The standard InChI is InChI=1S/C17H23N3/c1-19-8-7-13-9-16-5-6-17(10-13)20(16)15-4-2-3-14(11-15)12-18/h2-4,11,13,16-17,19H,5-10H2,1H3. The molecular weight excluding hydrogens is 246 g/mol. The highest BCUT2D eigenvalue weighted by molar-refractivity contribution is 5.54. The third-order valence-electron chi connectivity index (χ3n) is 4.91. The Morgan fingerprint density at radius 1 is 1.30 bits per heavy atom. The quantitative estimate of drug-likeness (QED) is 0.913. The van der Waals surface area contributed by atoms with Crippen LogP contribution in [-0.2, 0) is 0 Å². The zero-order valence-corrected chi connectivity index (χ0v) is 12.2. The summed E-state index contributed by atoms with van der Waals surface area (Å²) in [6, 6.07) is 11.8. The van der Waals surface area contributed by atoms with Crippen LogP contribution in [0.3, 0.4) is 0 Å². The van der Waals surface area contributed by atoms with Crippen LogP contribution in [0.2, 0.25) is 0 Å². The molecule has 0 amide bonds. The van der Waals surface area contributed by atoms with Crippen LogP contribution in [0, 0.1) is 17.2 Å². The van der Waals surface area contributed by atoms with Crippen LogP contribution in [0.4, 0.5) is 5.69 Å². The fourth-order valence-electron chi connectivity index (χ4n) is 4.03. The molecule has 3 rings (SSSR count). The number of nitrogens with one attached hydrogen (secondary N) is 1. The van der Waals surface area contributed by atoms with E-state index in [4.69, 9.17) is 5.26 Å². The summed E-state index contributed by atoms with van der Waals surface area (Å²) >= 11 is 0. The van der Waals surface area contributed by atoms with Crippen molar-refractivity contribution >= 4 is 5.69 Å². The lowest BCUT2D eigenvalue weighted by atomic mass is 9.87. The van der Waals surface area contributed by atoms with Gasteiger partial charge in [-0.1, -0.05) is 6.07 Å². The van der Waals surface area contributed by atoms with Crippen LogP contribution in [0.25, 0.3) is 0 Å².